The Morgan fingerprint density at radius 1 is 1.00 bits per heavy atom. The molecule has 2 N–H and O–H groups in total. The van der Waals surface area contributed by atoms with Gasteiger partial charge in [-0.15, -0.1) is 0 Å². The number of piperidine rings is 1. The van der Waals surface area contributed by atoms with Crippen molar-refractivity contribution < 1.29 is 9.59 Å². The molecule has 1 fully saturated rings. The van der Waals surface area contributed by atoms with E-state index in [0.29, 0.717) is 23.4 Å². The standard InChI is InChI=1S/C27H30N4O2/c1-20-6-5-15-31(18-20)19-21-10-12-23(13-11-21)26(32)30-25-9-3-2-8-24(25)27(33)29-17-22-7-4-14-28-16-22/h2-4,7-14,16,20H,5-6,15,17-19H2,1H3,(H,29,33)(H,30,32)/t20-/m1/s1. The van der Waals surface area contributed by atoms with Gasteiger partial charge in [-0.2, -0.15) is 0 Å². The SMILES string of the molecule is C[C@@H]1CCCN(Cc2ccc(C(=O)Nc3ccccc3C(=O)NCc3cccnc3)cc2)C1. The smallest absolute Gasteiger partial charge is 0.255 e. The molecule has 0 bridgehead atoms. The number of nitrogens with zero attached hydrogens (tertiary/aromatic N) is 2. The zero-order chi connectivity index (χ0) is 23.0. The second-order valence-corrected chi connectivity index (χ2v) is 8.72. The Labute approximate surface area is 195 Å². The molecular weight excluding hydrogens is 412 g/mol. The minimum Gasteiger partial charge on any atom is -0.348 e. The van der Waals surface area contributed by atoms with E-state index in [1.165, 1.54) is 18.4 Å². The maximum Gasteiger partial charge on any atom is 0.255 e. The van der Waals surface area contributed by atoms with Crippen molar-refractivity contribution in [3.8, 4) is 0 Å². The summed E-state index contributed by atoms with van der Waals surface area (Å²) in [6.07, 6.45) is 5.95. The number of aromatic nitrogens is 1. The molecule has 0 unspecified atom stereocenters. The molecule has 1 aliphatic rings. The lowest BCUT2D eigenvalue weighted by molar-refractivity contribution is 0.0951. The summed E-state index contributed by atoms with van der Waals surface area (Å²) in [5, 5.41) is 5.77. The largest absolute Gasteiger partial charge is 0.348 e. The van der Waals surface area contributed by atoms with Gasteiger partial charge in [0, 0.05) is 37.6 Å². The van der Waals surface area contributed by atoms with Crippen LogP contribution in [0.3, 0.4) is 0 Å². The molecule has 2 amide bonds. The van der Waals surface area contributed by atoms with E-state index >= 15 is 0 Å². The molecule has 2 heterocycles. The Hall–Kier alpha value is -3.51. The number of carbonyl (C=O) groups is 2. The number of benzene rings is 2. The van der Waals surface area contributed by atoms with Crippen molar-refractivity contribution in [2.45, 2.75) is 32.9 Å². The second kappa shape index (κ2) is 10.9. The van der Waals surface area contributed by atoms with Gasteiger partial charge in [0.15, 0.2) is 0 Å². The molecule has 6 nitrogen and oxygen atoms in total. The summed E-state index contributed by atoms with van der Waals surface area (Å²) >= 11 is 0. The van der Waals surface area contributed by atoms with Crippen molar-refractivity contribution in [2.75, 3.05) is 18.4 Å². The predicted molar refractivity (Wildman–Crippen MR) is 130 cm³/mol. The topological polar surface area (TPSA) is 74.3 Å². The zero-order valence-corrected chi connectivity index (χ0v) is 19.0. The fourth-order valence-corrected chi connectivity index (χ4v) is 4.21. The van der Waals surface area contributed by atoms with Crippen LogP contribution in [0.5, 0.6) is 0 Å². The van der Waals surface area contributed by atoms with E-state index in [2.05, 4.69) is 27.4 Å². The summed E-state index contributed by atoms with van der Waals surface area (Å²) in [6, 6.07) is 18.5. The molecule has 1 atom stereocenters. The number of likely N-dealkylation sites (tertiary alicyclic amines) is 1. The number of nitrogens with one attached hydrogen (secondary N) is 2. The molecule has 3 aromatic rings. The number of amides is 2. The fourth-order valence-electron chi connectivity index (χ4n) is 4.21. The van der Waals surface area contributed by atoms with Gasteiger partial charge >= 0.3 is 0 Å². The van der Waals surface area contributed by atoms with Gasteiger partial charge in [-0.05, 0) is 66.8 Å². The van der Waals surface area contributed by atoms with Crippen LogP contribution < -0.4 is 10.6 Å². The first-order chi connectivity index (χ1) is 16.1. The minimum absolute atomic E-state index is 0.236. The Kier molecular flexibility index (Phi) is 7.47. The number of rotatable bonds is 7. The molecule has 0 aliphatic carbocycles. The van der Waals surface area contributed by atoms with E-state index in [9.17, 15) is 9.59 Å². The van der Waals surface area contributed by atoms with Gasteiger partial charge in [-0.3, -0.25) is 19.5 Å². The highest BCUT2D eigenvalue weighted by Crippen LogP contribution is 2.19. The van der Waals surface area contributed by atoms with Gasteiger partial charge in [-0.1, -0.05) is 37.3 Å². The highest BCUT2D eigenvalue weighted by atomic mass is 16.2. The van der Waals surface area contributed by atoms with Gasteiger partial charge in [0.1, 0.15) is 0 Å². The molecule has 1 aliphatic heterocycles. The second-order valence-electron chi connectivity index (χ2n) is 8.72. The van der Waals surface area contributed by atoms with Crippen molar-refractivity contribution >= 4 is 17.5 Å². The molecule has 33 heavy (non-hydrogen) atoms. The molecule has 0 spiro atoms. The molecule has 6 heteroatoms. The lowest BCUT2D eigenvalue weighted by Gasteiger charge is -2.30. The van der Waals surface area contributed by atoms with Crippen LogP contribution in [-0.2, 0) is 13.1 Å². The van der Waals surface area contributed by atoms with Gasteiger partial charge in [0.2, 0.25) is 0 Å². The van der Waals surface area contributed by atoms with Crippen LogP contribution in [0.4, 0.5) is 5.69 Å². The van der Waals surface area contributed by atoms with E-state index in [0.717, 1.165) is 31.1 Å². The lowest BCUT2D eigenvalue weighted by atomic mass is 9.99. The first-order valence-corrected chi connectivity index (χ1v) is 11.5. The highest BCUT2D eigenvalue weighted by Gasteiger charge is 2.17. The number of hydrogen-bond acceptors (Lipinski definition) is 4. The Bertz CT molecular complexity index is 1080. The normalized spacial score (nSPS) is 16.2. The van der Waals surface area contributed by atoms with Gasteiger partial charge in [0.05, 0.1) is 11.3 Å². The third-order valence-corrected chi connectivity index (χ3v) is 5.96. The summed E-state index contributed by atoms with van der Waals surface area (Å²) < 4.78 is 0. The molecular formula is C27H30N4O2. The van der Waals surface area contributed by atoms with Crippen LogP contribution in [0.2, 0.25) is 0 Å². The number of anilines is 1. The average Bonchev–Trinajstić information content (AvgIpc) is 2.84. The average molecular weight is 443 g/mol. The summed E-state index contributed by atoms with van der Waals surface area (Å²) in [5.74, 6) is 0.256. The first-order valence-electron chi connectivity index (χ1n) is 11.5. The number of para-hydroxylation sites is 1. The Balaban J connectivity index is 1.37. The lowest BCUT2D eigenvalue weighted by Crippen LogP contribution is -2.33. The van der Waals surface area contributed by atoms with Gasteiger partial charge < -0.3 is 10.6 Å². The third kappa shape index (κ3) is 6.26. The highest BCUT2D eigenvalue weighted by molar-refractivity contribution is 6.09. The molecule has 0 radical (unpaired) electrons. The first kappa shape index (κ1) is 22.7. The molecule has 1 aromatic heterocycles. The zero-order valence-electron chi connectivity index (χ0n) is 19.0. The van der Waals surface area contributed by atoms with Crippen LogP contribution in [0.1, 0.15) is 51.6 Å². The van der Waals surface area contributed by atoms with E-state index in [1.807, 2.05) is 36.4 Å². The number of carbonyl (C=O) groups excluding carboxylic acids is 2. The molecule has 1 saturated heterocycles. The quantitative estimate of drug-likeness (QED) is 0.565. The molecule has 4 rings (SSSR count). The number of pyridine rings is 1. The van der Waals surface area contributed by atoms with Crippen molar-refractivity contribution in [3.63, 3.8) is 0 Å². The van der Waals surface area contributed by atoms with Crippen molar-refractivity contribution in [1.82, 2.24) is 15.2 Å². The van der Waals surface area contributed by atoms with E-state index < -0.39 is 0 Å². The van der Waals surface area contributed by atoms with Crippen molar-refractivity contribution in [2.24, 2.45) is 5.92 Å². The molecule has 0 saturated carbocycles. The minimum atomic E-state index is -0.249. The van der Waals surface area contributed by atoms with Gasteiger partial charge in [0.25, 0.3) is 11.8 Å². The van der Waals surface area contributed by atoms with Crippen LogP contribution >= 0.6 is 0 Å². The summed E-state index contributed by atoms with van der Waals surface area (Å²) in [6.45, 7) is 5.84. The van der Waals surface area contributed by atoms with E-state index in [4.69, 9.17) is 0 Å². The fraction of sp³-hybridized carbons (Fsp3) is 0.296. The molecule has 170 valence electrons. The van der Waals surface area contributed by atoms with Crippen molar-refractivity contribution in [1.29, 1.82) is 0 Å². The summed E-state index contributed by atoms with van der Waals surface area (Å²) in [5.41, 5.74) is 3.58. The summed E-state index contributed by atoms with van der Waals surface area (Å²) in [4.78, 5) is 32.1. The predicted octanol–water partition coefficient (Wildman–Crippen LogP) is 4.50. The third-order valence-electron chi connectivity index (χ3n) is 5.96. The Morgan fingerprint density at radius 2 is 1.82 bits per heavy atom. The maximum absolute atomic E-state index is 12.9. The maximum atomic E-state index is 12.9. The van der Waals surface area contributed by atoms with Crippen LogP contribution in [-0.4, -0.2) is 34.8 Å². The summed E-state index contributed by atoms with van der Waals surface area (Å²) in [7, 11) is 0. The van der Waals surface area contributed by atoms with Gasteiger partial charge in [-0.25, -0.2) is 0 Å². The number of hydrogen-bond donors (Lipinski definition) is 2. The van der Waals surface area contributed by atoms with E-state index in [-0.39, 0.29) is 11.8 Å². The van der Waals surface area contributed by atoms with Crippen molar-refractivity contribution in [3.05, 3.63) is 95.3 Å². The Morgan fingerprint density at radius 3 is 2.58 bits per heavy atom. The molecule has 2 aromatic carbocycles. The van der Waals surface area contributed by atoms with Crippen LogP contribution in [0, 0.1) is 5.92 Å². The monoisotopic (exact) mass is 442 g/mol. The van der Waals surface area contributed by atoms with Crippen LogP contribution in [0.25, 0.3) is 0 Å². The van der Waals surface area contributed by atoms with E-state index in [1.54, 1.807) is 36.7 Å². The van der Waals surface area contributed by atoms with Crippen LogP contribution in [0.15, 0.2) is 73.1 Å².